The molecule has 9 nitrogen and oxygen atoms in total. The van der Waals surface area contributed by atoms with Crippen LogP contribution in [0.2, 0.25) is 5.02 Å². The molecule has 0 spiro atoms. The second-order valence-electron chi connectivity index (χ2n) is 11.6. The monoisotopic (exact) mass is 640 g/mol. The Morgan fingerprint density at radius 2 is 1.44 bits per heavy atom. The molecule has 1 fully saturated rings. The highest BCUT2D eigenvalue weighted by molar-refractivity contribution is 6.31. The molecule has 2 aromatic carbocycles. The van der Waals surface area contributed by atoms with Crippen LogP contribution >= 0.6 is 11.6 Å². The third-order valence-electron chi connectivity index (χ3n) is 8.43. The molecule has 0 aliphatic carbocycles. The zero-order chi connectivity index (χ0) is 32.6. The van der Waals surface area contributed by atoms with E-state index in [0.29, 0.717) is 49.1 Å². The molecule has 1 unspecified atom stereocenters. The Bertz CT molecular complexity index is 1180. The van der Waals surface area contributed by atoms with Gasteiger partial charge in [-0.25, -0.2) is 9.59 Å². The summed E-state index contributed by atoms with van der Waals surface area (Å²) in [7, 11) is 0. The van der Waals surface area contributed by atoms with E-state index >= 15 is 0 Å². The van der Waals surface area contributed by atoms with E-state index in [-0.39, 0.29) is 31.1 Å². The minimum Gasteiger partial charge on any atom is -0.353 e. The van der Waals surface area contributed by atoms with Gasteiger partial charge in [0.05, 0.1) is 17.9 Å². The number of halogens is 1. The molecule has 5 amide bonds. The lowest BCUT2D eigenvalue weighted by molar-refractivity contribution is -0.127. The number of benzene rings is 2. The Labute approximate surface area is 275 Å². The normalized spacial score (nSPS) is 14.8. The number of anilines is 2. The van der Waals surface area contributed by atoms with Gasteiger partial charge in [-0.2, -0.15) is 0 Å². The third kappa shape index (κ3) is 10.6. The summed E-state index contributed by atoms with van der Waals surface area (Å²) in [6.45, 7) is 13.6. The lowest BCUT2D eigenvalue weighted by Crippen LogP contribution is -2.64. The van der Waals surface area contributed by atoms with Gasteiger partial charge in [0, 0.05) is 44.3 Å². The summed E-state index contributed by atoms with van der Waals surface area (Å²) in [5.74, 6) is -0.254. The molecule has 45 heavy (non-hydrogen) atoms. The fourth-order valence-electron chi connectivity index (χ4n) is 5.70. The molecule has 248 valence electrons. The first-order valence-corrected chi connectivity index (χ1v) is 17.2. The van der Waals surface area contributed by atoms with Gasteiger partial charge in [0.25, 0.3) is 0 Å². The van der Waals surface area contributed by atoms with E-state index in [4.69, 9.17) is 11.6 Å². The van der Waals surface area contributed by atoms with Crippen molar-refractivity contribution in [2.45, 2.75) is 72.3 Å². The second-order valence-corrected chi connectivity index (χ2v) is 12.0. The summed E-state index contributed by atoms with van der Waals surface area (Å²) in [5.41, 5.74) is 1.28. The maximum atomic E-state index is 14.5. The van der Waals surface area contributed by atoms with Crippen molar-refractivity contribution in [1.82, 2.24) is 24.9 Å². The topological polar surface area (TPSA) is 79.4 Å². The molecule has 0 saturated carbocycles. The number of unbranched alkanes of at least 4 members (excludes halogenated alkanes) is 4. The van der Waals surface area contributed by atoms with E-state index in [1.54, 1.807) is 32.9 Å². The van der Waals surface area contributed by atoms with Crippen molar-refractivity contribution in [3.63, 3.8) is 0 Å². The van der Waals surface area contributed by atoms with Gasteiger partial charge in [0.15, 0.2) is 0 Å². The molecule has 1 aliphatic heterocycles. The first-order chi connectivity index (χ1) is 21.8. The zero-order valence-electron chi connectivity index (χ0n) is 27.7. The van der Waals surface area contributed by atoms with Crippen LogP contribution in [0.5, 0.6) is 0 Å². The van der Waals surface area contributed by atoms with E-state index in [9.17, 15) is 14.4 Å². The number of rotatable bonds is 16. The molecule has 0 aromatic heterocycles. The smallest absolute Gasteiger partial charge is 0.329 e. The molecule has 1 atom stereocenters. The van der Waals surface area contributed by atoms with Crippen LogP contribution in [0.25, 0.3) is 0 Å². The Morgan fingerprint density at radius 1 is 0.800 bits per heavy atom. The summed E-state index contributed by atoms with van der Waals surface area (Å²) in [5, 5.41) is 3.58. The maximum Gasteiger partial charge on any atom is 0.329 e. The van der Waals surface area contributed by atoms with Crippen molar-refractivity contribution in [3.8, 4) is 0 Å². The van der Waals surface area contributed by atoms with Gasteiger partial charge in [-0.3, -0.25) is 9.69 Å². The number of nitrogens with one attached hydrogen (secondary N) is 1. The van der Waals surface area contributed by atoms with Crippen molar-refractivity contribution in [2.75, 3.05) is 63.8 Å². The van der Waals surface area contributed by atoms with E-state index in [1.807, 2.05) is 41.3 Å². The van der Waals surface area contributed by atoms with Crippen molar-refractivity contribution < 1.29 is 14.4 Å². The van der Waals surface area contributed by atoms with Crippen LogP contribution in [0.15, 0.2) is 54.6 Å². The first-order valence-electron chi connectivity index (χ1n) is 16.8. The van der Waals surface area contributed by atoms with E-state index in [2.05, 4.69) is 37.9 Å². The number of likely N-dealkylation sites (N-methyl/N-ethyl adjacent to an activating group) is 1. The molecule has 1 N–H and O–H groups in total. The minimum absolute atomic E-state index is 0.0509. The van der Waals surface area contributed by atoms with Crippen molar-refractivity contribution in [1.29, 1.82) is 0 Å². The van der Waals surface area contributed by atoms with Crippen molar-refractivity contribution in [3.05, 3.63) is 59.6 Å². The quantitative estimate of drug-likeness (QED) is 0.204. The van der Waals surface area contributed by atoms with E-state index < -0.39 is 6.04 Å². The summed E-state index contributed by atoms with van der Waals surface area (Å²) in [6, 6.07) is 15.3. The molecular formula is C35H53ClN6O3. The molecule has 2 aromatic rings. The van der Waals surface area contributed by atoms with Crippen LogP contribution in [-0.4, -0.2) is 103 Å². The Hall–Kier alpha value is -3.30. The van der Waals surface area contributed by atoms with Crippen LogP contribution in [0.1, 0.15) is 66.2 Å². The standard InChI is InChI=1S/C35H53ClN6O3/c1-5-9-14-22-39(23-15-10-6-2)34(44)40-25-26-41(32(28-40)33(43)37-21-24-38(7-3)8-4)35(45)42(30-18-12-11-13-19-30)31-20-16-17-29(36)27-31/h11-13,16-20,27,32H,5-10,14-15,21-26,28H2,1-4H3,(H,37,43). The fourth-order valence-corrected chi connectivity index (χ4v) is 5.89. The highest BCUT2D eigenvalue weighted by Crippen LogP contribution is 2.30. The fraction of sp³-hybridized carbons (Fsp3) is 0.571. The number of para-hydroxylation sites is 1. The number of urea groups is 2. The Balaban J connectivity index is 1.90. The third-order valence-corrected chi connectivity index (χ3v) is 8.66. The van der Waals surface area contributed by atoms with Crippen LogP contribution in [0.3, 0.4) is 0 Å². The van der Waals surface area contributed by atoms with Crippen LogP contribution in [0, 0.1) is 0 Å². The number of carbonyl (C=O) groups is 3. The lowest BCUT2D eigenvalue weighted by atomic mass is 10.1. The van der Waals surface area contributed by atoms with Gasteiger partial charge < -0.3 is 24.9 Å². The molecule has 3 rings (SSSR count). The zero-order valence-corrected chi connectivity index (χ0v) is 28.5. The number of amides is 5. The number of nitrogens with zero attached hydrogens (tertiary/aromatic N) is 5. The number of hydrogen-bond donors (Lipinski definition) is 1. The minimum atomic E-state index is -0.842. The second kappa shape index (κ2) is 19.3. The lowest BCUT2D eigenvalue weighted by Gasteiger charge is -2.43. The van der Waals surface area contributed by atoms with E-state index in [1.165, 1.54) is 0 Å². The van der Waals surface area contributed by atoms with Crippen LogP contribution in [-0.2, 0) is 4.79 Å². The summed E-state index contributed by atoms with van der Waals surface area (Å²) >= 11 is 6.36. The Kier molecular flexibility index (Phi) is 15.5. The predicted molar refractivity (Wildman–Crippen MR) is 184 cm³/mol. The predicted octanol–water partition coefficient (Wildman–Crippen LogP) is 6.84. The average Bonchev–Trinajstić information content (AvgIpc) is 3.06. The maximum absolute atomic E-state index is 14.5. The SMILES string of the molecule is CCCCCN(CCCCC)C(=O)N1CCN(C(=O)N(c2ccccc2)c2cccc(Cl)c2)C(C(=O)NCCN(CC)CC)C1. The first kappa shape index (κ1) is 36.2. The van der Waals surface area contributed by atoms with Gasteiger partial charge in [-0.15, -0.1) is 0 Å². The van der Waals surface area contributed by atoms with Crippen LogP contribution in [0.4, 0.5) is 21.0 Å². The molecule has 0 radical (unpaired) electrons. The number of carbonyl (C=O) groups excluding carboxylic acids is 3. The molecule has 10 heteroatoms. The Morgan fingerprint density at radius 3 is 2.04 bits per heavy atom. The van der Waals surface area contributed by atoms with Gasteiger partial charge in [-0.05, 0) is 56.3 Å². The molecule has 1 saturated heterocycles. The van der Waals surface area contributed by atoms with Gasteiger partial charge in [0.2, 0.25) is 5.91 Å². The molecule has 1 heterocycles. The largest absolute Gasteiger partial charge is 0.353 e. The highest BCUT2D eigenvalue weighted by Gasteiger charge is 2.40. The molecular weight excluding hydrogens is 588 g/mol. The summed E-state index contributed by atoms with van der Waals surface area (Å²) in [6.07, 6.45) is 6.20. The molecule has 0 bridgehead atoms. The number of hydrogen-bond acceptors (Lipinski definition) is 4. The summed E-state index contributed by atoms with van der Waals surface area (Å²) < 4.78 is 0. The molecule has 1 aliphatic rings. The van der Waals surface area contributed by atoms with E-state index in [0.717, 1.165) is 51.6 Å². The number of piperazine rings is 1. The van der Waals surface area contributed by atoms with Crippen molar-refractivity contribution in [2.24, 2.45) is 0 Å². The van der Waals surface area contributed by atoms with Gasteiger partial charge >= 0.3 is 12.1 Å². The van der Waals surface area contributed by atoms with Crippen LogP contribution < -0.4 is 10.2 Å². The van der Waals surface area contributed by atoms with Gasteiger partial charge in [0.1, 0.15) is 6.04 Å². The average molecular weight is 641 g/mol. The highest BCUT2D eigenvalue weighted by atomic mass is 35.5. The summed E-state index contributed by atoms with van der Waals surface area (Å²) in [4.78, 5) is 51.4. The van der Waals surface area contributed by atoms with Crippen molar-refractivity contribution >= 4 is 40.9 Å². The van der Waals surface area contributed by atoms with Gasteiger partial charge in [-0.1, -0.05) is 89.2 Å².